The van der Waals surface area contributed by atoms with Gasteiger partial charge >= 0.3 is 0 Å². The van der Waals surface area contributed by atoms with Crippen molar-refractivity contribution < 1.29 is 9.53 Å². The van der Waals surface area contributed by atoms with Gasteiger partial charge in [0, 0.05) is 11.5 Å². The maximum Gasteiger partial charge on any atom is 0.165 e. The highest BCUT2D eigenvalue weighted by Gasteiger charge is 2.10. The Labute approximate surface area is 78.5 Å². The normalized spacial score (nSPS) is 10.2. The molecule has 1 aromatic rings. The third kappa shape index (κ3) is 2.31. The number of ketones is 1. The van der Waals surface area contributed by atoms with Gasteiger partial charge in [-0.3, -0.25) is 4.79 Å². The van der Waals surface area contributed by atoms with E-state index in [1.165, 1.54) is 0 Å². The maximum atomic E-state index is 11.6. The van der Waals surface area contributed by atoms with E-state index in [0.717, 1.165) is 5.75 Å². The van der Waals surface area contributed by atoms with Crippen molar-refractivity contribution in [3.05, 3.63) is 29.8 Å². The zero-order valence-electron chi connectivity index (χ0n) is 8.20. The van der Waals surface area contributed by atoms with Gasteiger partial charge in [-0.1, -0.05) is 26.0 Å². The fourth-order valence-corrected chi connectivity index (χ4v) is 1.11. The fraction of sp³-hybridized carbons (Fsp3) is 0.364. The van der Waals surface area contributed by atoms with Crippen LogP contribution in [-0.2, 0) is 0 Å². The van der Waals surface area contributed by atoms with E-state index < -0.39 is 0 Å². The smallest absolute Gasteiger partial charge is 0.165 e. The Balaban J connectivity index is 2.95. The van der Waals surface area contributed by atoms with Crippen molar-refractivity contribution in [2.24, 2.45) is 5.92 Å². The van der Waals surface area contributed by atoms with Crippen LogP contribution >= 0.6 is 0 Å². The summed E-state index contributed by atoms with van der Waals surface area (Å²) in [5.74, 6) is 0.914. The van der Waals surface area contributed by atoms with Gasteiger partial charge in [0.05, 0.1) is 7.11 Å². The van der Waals surface area contributed by atoms with Gasteiger partial charge in [-0.05, 0) is 12.1 Å². The van der Waals surface area contributed by atoms with Crippen LogP contribution in [0, 0.1) is 5.92 Å². The maximum absolute atomic E-state index is 11.6. The number of hydrogen-bond acceptors (Lipinski definition) is 2. The van der Waals surface area contributed by atoms with Crippen LogP contribution in [0.4, 0.5) is 0 Å². The predicted molar refractivity (Wildman–Crippen MR) is 52.2 cm³/mol. The van der Waals surface area contributed by atoms with Gasteiger partial charge in [-0.15, -0.1) is 0 Å². The number of carbonyl (C=O) groups is 1. The molecule has 0 unspecified atom stereocenters. The molecule has 0 atom stereocenters. The minimum atomic E-state index is 0.0344. The average Bonchev–Trinajstić information content (AvgIpc) is 2.16. The Morgan fingerprint density at radius 3 is 2.62 bits per heavy atom. The first-order chi connectivity index (χ1) is 6.15. The Morgan fingerprint density at radius 2 is 2.08 bits per heavy atom. The monoisotopic (exact) mass is 178 g/mol. The summed E-state index contributed by atoms with van der Waals surface area (Å²) >= 11 is 0. The number of carbonyl (C=O) groups excluding carboxylic acids is 1. The standard InChI is InChI=1S/C11H14O2/c1-8(2)11(12)9-5-4-6-10(7-9)13-3/h4-8H,1-3H3. The molecule has 0 aliphatic rings. The summed E-state index contributed by atoms with van der Waals surface area (Å²) in [6.07, 6.45) is 0. The van der Waals surface area contributed by atoms with Crippen molar-refractivity contribution in [1.29, 1.82) is 0 Å². The summed E-state index contributed by atoms with van der Waals surface area (Å²) < 4.78 is 5.03. The van der Waals surface area contributed by atoms with Crippen molar-refractivity contribution in [2.75, 3.05) is 7.11 Å². The van der Waals surface area contributed by atoms with Crippen LogP contribution in [0.1, 0.15) is 24.2 Å². The Kier molecular flexibility index (Phi) is 3.07. The van der Waals surface area contributed by atoms with E-state index >= 15 is 0 Å². The molecule has 0 saturated carbocycles. The first-order valence-corrected chi connectivity index (χ1v) is 4.33. The van der Waals surface area contributed by atoms with Gasteiger partial charge < -0.3 is 4.74 Å². The molecular weight excluding hydrogens is 164 g/mol. The molecule has 2 nitrogen and oxygen atoms in total. The van der Waals surface area contributed by atoms with Crippen molar-refractivity contribution >= 4 is 5.78 Å². The first-order valence-electron chi connectivity index (χ1n) is 4.33. The summed E-state index contributed by atoms with van der Waals surface area (Å²) in [6, 6.07) is 7.23. The molecule has 0 heterocycles. The fourth-order valence-electron chi connectivity index (χ4n) is 1.11. The van der Waals surface area contributed by atoms with Crippen LogP contribution < -0.4 is 4.74 Å². The van der Waals surface area contributed by atoms with Crippen molar-refractivity contribution in [1.82, 2.24) is 0 Å². The van der Waals surface area contributed by atoms with Gasteiger partial charge in [-0.2, -0.15) is 0 Å². The molecule has 0 fully saturated rings. The van der Waals surface area contributed by atoms with Gasteiger partial charge in [0.1, 0.15) is 5.75 Å². The van der Waals surface area contributed by atoms with E-state index in [1.54, 1.807) is 13.2 Å². The second kappa shape index (κ2) is 4.08. The molecule has 1 aromatic carbocycles. The molecule has 0 spiro atoms. The molecule has 0 amide bonds. The summed E-state index contributed by atoms with van der Waals surface area (Å²) in [5, 5.41) is 0. The molecule has 13 heavy (non-hydrogen) atoms. The highest BCUT2D eigenvalue weighted by atomic mass is 16.5. The SMILES string of the molecule is COc1cccc(C(=O)C(C)C)c1. The molecule has 0 saturated heterocycles. The van der Waals surface area contributed by atoms with E-state index in [4.69, 9.17) is 4.74 Å². The Hall–Kier alpha value is -1.31. The summed E-state index contributed by atoms with van der Waals surface area (Å²) in [5.41, 5.74) is 0.717. The van der Waals surface area contributed by atoms with Crippen LogP contribution in [0.5, 0.6) is 5.75 Å². The lowest BCUT2D eigenvalue weighted by atomic mass is 10.0. The van der Waals surface area contributed by atoms with Crippen LogP contribution in [0.15, 0.2) is 24.3 Å². The summed E-state index contributed by atoms with van der Waals surface area (Å²) in [7, 11) is 1.60. The summed E-state index contributed by atoms with van der Waals surface area (Å²) in [4.78, 5) is 11.6. The molecule has 0 N–H and O–H groups in total. The third-order valence-corrected chi connectivity index (χ3v) is 1.88. The zero-order chi connectivity index (χ0) is 9.84. The van der Waals surface area contributed by atoms with Crippen LogP contribution in [0.3, 0.4) is 0 Å². The van der Waals surface area contributed by atoms with Gasteiger partial charge in [0.25, 0.3) is 0 Å². The molecule has 0 bridgehead atoms. The molecule has 0 aliphatic carbocycles. The van der Waals surface area contributed by atoms with E-state index in [2.05, 4.69) is 0 Å². The minimum absolute atomic E-state index is 0.0344. The third-order valence-electron chi connectivity index (χ3n) is 1.88. The summed E-state index contributed by atoms with van der Waals surface area (Å²) in [6.45, 7) is 3.78. The van der Waals surface area contributed by atoms with E-state index in [1.807, 2.05) is 32.0 Å². The number of ether oxygens (including phenoxy) is 1. The number of rotatable bonds is 3. The zero-order valence-corrected chi connectivity index (χ0v) is 8.20. The largest absolute Gasteiger partial charge is 0.497 e. The minimum Gasteiger partial charge on any atom is -0.497 e. The van der Waals surface area contributed by atoms with Gasteiger partial charge in [-0.25, -0.2) is 0 Å². The highest BCUT2D eigenvalue weighted by Crippen LogP contribution is 2.15. The van der Waals surface area contributed by atoms with Crippen molar-refractivity contribution in [3.63, 3.8) is 0 Å². The van der Waals surface area contributed by atoms with Gasteiger partial charge in [0.15, 0.2) is 5.78 Å². The number of benzene rings is 1. The lowest BCUT2D eigenvalue weighted by molar-refractivity contribution is 0.0939. The van der Waals surface area contributed by atoms with Crippen molar-refractivity contribution in [2.45, 2.75) is 13.8 Å². The molecule has 0 aromatic heterocycles. The first kappa shape index (κ1) is 9.78. The average molecular weight is 178 g/mol. The lowest BCUT2D eigenvalue weighted by Crippen LogP contribution is -2.07. The molecule has 0 radical (unpaired) electrons. The van der Waals surface area contributed by atoms with Crippen LogP contribution in [-0.4, -0.2) is 12.9 Å². The molecule has 0 aliphatic heterocycles. The second-order valence-corrected chi connectivity index (χ2v) is 3.25. The highest BCUT2D eigenvalue weighted by molar-refractivity contribution is 5.97. The van der Waals surface area contributed by atoms with Crippen LogP contribution in [0.2, 0.25) is 0 Å². The molecule has 70 valence electrons. The van der Waals surface area contributed by atoms with E-state index in [9.17, 15) is 4.79 Å². The molecule has 1 rings (SSSR count). The lowest BCUT2D eigenvalue weighted by Gasteiger charge is -2.05. The second-order valence-electron chi connectivity index (χ2n) is 3.25. The predicted octanol–water partition coefficient (Wildman–Crippen LogP) is 2.53. The number of hydrogen-bond donors (Lipinski definition) is 0. The van der Waals surface area contributed by atoms with E-state index in [0.29, 0.717) is 5.56 Å². The molecule has 2 heteroatoms. The quantitative estimate of drug-likeness (QED) is 0.665. The van der Waals surface area contributed by atoms with Gasteiger partial charge in [0.2, 0.25) is 0 Å². The molecular formula is C11H14O2. The van der Waals surface area contributed by atoms with E-state index in [-0.39, 0.29) is 11.7 Å². The van der Waals surface area contributed by atoms with Crippen molar-refractivity contribution in [3.8, 4) is 5.75 Å². The number of methoxy groups -OCH3 is 1. The Bertz CT molecular complexity index is 303. The topological polar surface area (TPSA) is 26.3 Å². The van der Waals surface area contributed by atoms with Crippen LogP contribution in [0.25, 0.3) is 0 Å². The number of Topliss-reactive ketones (excluding diaryl/α,β-unsaturated/α-hetero) is 1. The Morgan fingerprint density at radius 1 is 1.38 bits per heavy atom.